The van der Waals surface area contributed by atoms with E-state index in [1.807, 2.05) is 12.1 Å². The van der Waals surface area contributed by atoms with E-state index in [2.05, 4.69) is 27.3 Å². The fraction of sp³-hybridized carbons (Fsp3) is 0.357. The normalized spacial score (nSPS) is 14.4. The van der Waals surface area contributed by atoms with Crippen LogP contribution in [-0.4, -0.2) is 27.8 Å². The predicted octanol–water partition coefficient (Wildman–Crippen LogP) is 1.86. The molecule has 1 aromatic carbocycles. The SMILES string of the molecule is CCOC(=O)c1n[nH]c(C2Cc3ccccc3C2)n1. The zero-order valence-corrected chi connectivity index (χ0v) is 10.7. The van der Waals surface area contributed by atoms with Crippen molar-refractivity contribution in [1.82, 2.24) is 15.2 Å². The molecule has 5 nitrogen and oxygen atoms in total. The number of aromatic amines is 1. The van der Waals surface area contributed by atoms with Gasteiger partial charge in [0.05, 0.1) is 6.61 Å². The first-order valence-corrected chi connectivity index (χ1v) is 6.44. The minimum Gasteiger partial charge on any atom is -0.460 e. The van der Waals surface area contributed by atoms with Crippen LogP contribution in [0.4, 0.5) is 0 Å². The van der Waals surface area contributed by atoms with Crippen LogP contribution in [0, 0.1) is 0 Å². The molecule has 0 amide bonds. The number of hydrogen-bond donors (Lipinski definition) is 1. The Kier molecular flexibility index (Phi) is 3.03. The zero-order chi connectivity index (χ0) is 13.2. The minimum atomic E-state index is -0.472. The van der Waals surface area contributed by atoms with Crippen molar-refractivity contribution in [3.8, 4) is 0 Å². The third-order valence-electron chi connectivity index (χ3n) is 3.40. The molecule has 0 atom stereocenters. The van der Waals surface area contributed by atoms with Crippen LogP contribution >= 0.6 is 0 Å². The highest BCUT2D eigenvalue weighted by molar-refractivity contribution is 5.84. The van der Waals surface area contributed by atoms with Crippen molar-refractivity contribution in [1.29, 1.82) is 0 Å². The third-order valence-corrected chi connectivity index (χ3v) is 3.40. The molecule has 1 aliphatic carbocycles. The lowest BCUT2D eigenvalue weighted by Gasteiger charge is -2.02. The lowest BCUT2D eigenvalue weighted by atomic mass is 10.1. The number of ether oxygens (including phenoxy) is 1. The van der Waals surface area contributed by atoms with E-state index in [4.69, 9.17) is 4.74 Å². The van der Waals surface area contributed by atoms with Crippen LogP contribution in [-0.2, 0) is 17.6 Å². The summed E-state index contributed by atoms with van der Waals surface area (Å²) >= 11 is 0. The maximum absolute atomic E-state index is 11.5. The van der Waals surface area contributed by atoms with Gasteiger partial charge in [-0.1, -0.05) is 24.3 Å². The van der Waals surface area contributed by atoms with Gasteiger partial charge in [-0.2, -0.15) is 0 Å². The molecule has 0 fully saturated rings. The van der Waals surface area contributed by atoms with Gasteiger partial charge in [0.2, 0.25) is 0 Å². The molecular formula is C14H15N3O2. The van der Waals surface area contributed by atoms with Crippen LogP contribution in [0.1, 0.15) is 40.4 Å². The quantitative estimate of drug-likeness (QED) is 0.852. The van der Waals surface area contributed by atoms with E-state index in [1.54, 1.807) is 6.92 Å². The Morgan fingerprint density at radius 3 is 2.68 bits per heavy atom. The molecule has 0 aliphatic heterocycles. The zero-order valence-electron chi connectivity index (χ0n) is 10.7. The number of carbonyl (C=O) groups is 1. The molecule has 0 unspecified atom stereocenters. The molecule has 0 bridgehead atoms. The topological polar surface area (TPSA) is 67.9 Å². The first-order chi connectivity index (χ1) is 9.28. The summed E-state index contributed by atoms with van der Waals surface area (Å²) in [6.07, 6.45) is 1.88. The number of nitrogens with one attached hydrogen (secondary N) is 1. The van der Waals surface area contributed by atoms with E-state index in [0.717, 1.165) is 18.7 Å². The molecule has 1 N–H and O–H groups in total. The van der Waals surface area contributed by atoms with Gasteiger partial charge in [-0.25, -0.2) is 9.78 Å². The van der Waals surface area contributed by atoms with E-state index in [1.165, 1.54) is 11.1 Å². The smallest absolute Gasteiger partial charge is 0.378 e. The standard InChI is InChI=1S/C14H15N3O2/c1-2-19-14(18)13-15-12(16-17-13)11-7-9-5-3-4-6-10(9)8-11/h3-6,11H,2,7-8H2,1H3,(H,15,16,17). The highest BCUT2D eigenvalue weighted by Gasteiger charge is 2.26. The molecule has 0 saturated carbocycles. The van der Waals surface area contributed by atoms with Gasteiger partial charge in [-0.15, -0.1) is 5.10 Å². The second kappa shape index (κ2) is 4.84. The summed E-state index contributed by atoms with van der Waals surface area (Å²) in [7, 11) is 0. The number of benzene rings is 1. The summed E-state index contributed by atoms with van der Waals surface area (Å²) in [5.74, 6) is 0.681. The molecule has 2 aromatic rings. The molecule has 3 rings (SSSR count). The van der Waals surface area contributed by atoms with Gasteiger partial charge in [0.25, 0.3) is 5.82 Å². The molecular weight excluding hydrogens is 242 g/mol. The van der Waals surface area contributed by atoms with Crippen LogP contribution in [0.2, 0.25) is 0 Å². The fourth-order valence-corrected chi connectivity index (χ4v) is 2.50. The van der Waals surface area contributed by atoms with Crippen molar-refractivity contribution in [2.45, 2.75) is 25.7 Å². The molecule has 1 heterocycles. The fourth-order valence-electron chi connectivity index (χ4n) is 2.50. The van der Waals surface area contributed by atoms with Crippen LogP contribution < -0.4 is 0 Å². The number of nitrogens with zero attached hydrogens (tertiary/aromatic N) is 2. The van der Waals surface area contributed by atoms with Gasteiger partial charge in [-0.05, 0) is 30.9 Å². The van der Waals surface area contributed by atoms with Crippen molar-refractivity contribution in [3.63, 3.8) is 0 Å². The van der Waals surface area contributed by atoms with Crippen LogP contribution in [0.25, 0.3) is 0 Å². The number of rotatable bonds is 3. The molecule has 19 heavy (non-hydrogen) atoms. The molecule has 98 valence electrons. The molecule has 1 aromatic heterocycles. The lowest BCUT2D eigenvalue weighted by Crippen LogP contribution is -2.07. The number of hydrogen-bond acceptors (Lipinski definition) is 4. The van der Waals surface area contributed by atoms with Gasteiger partial charge in [0.1, 0.15) is 5.82 Å². The Hall–Kier alpha value is -2.17. The Morgan fingerprint density at radius 2 is 2.05 bits per heavy atom. The molecule has 0 saturated heterocycles. The van der Waals surface area contributed by atoms with Crippen molar-refractivity contribution in [2.75, 3.05) is 6.61 Å². The van der Waals surface area contributed by atoms with Crippen LogP contribution in [0.5, 0.6) is 0 Å². The Balaban J connectivity index is 1.77. The third kappa shape index (κ3) is 2.23. The average Bonchev–Trinajstić information content (AvgIpc) is 3.05. The van der Waals surface area contributed by atoms with E-state index in [9.17, 15) is 4.79 Å². The summed E-state index contributed by atoms with van der Waals surface area (Å²) in [6, 6.07) is 8.37. The maximum atomic E-state index is 11.5. The van der Waals surface area contributed by atoms with Gasteiger partial charge in [-0.3, -0.25) is 5.10 Å². The predicted molar refractivity (Wildman–Crippen MR) is 68.9 cm³/mol. The van der Waals surface area contributed by atoms with Gasteiger partial charge in [0.15, 0.2) is 0 Å². The first kappa shape index (κ1) is 11.9. The van der Waals surface area contributed by atoms with Crippen molar-refractivity contribution >= 4 is 5.97 Å². The molecule has 0 radical (unpaired) electrons. The monoisotopic (exact) mass is 257 g/mol. The molecule has 1 aliphatic rings. The largest absolute Gasteiger partial charge is 0.460 e. The highest BCUT2D eigenvalue weighted by atomic mass is 16.5. The Morgan fingerprint density at radius 1 is 1.37 bits per heavy atom. The average molecular weight is 257 g/mol. The summed E-state index contributed by atoms with van der Waals surface area (Å²) in [5, 5.41) is 6.79. The summed E-state index contributed by atoms with van der Waals surface area (Å²) < 4.78 is 4.88. The Bertz CT molecular complexity index is 581. The number of aromatic nitrogens is 3. The second-order valence-corrected chi connectivity index (χ2v) is 4.64. The van der Waals surface area contributed by atoms with Gasteiger partial charge in [0, 0.05) is 5.92 Å². The van der Waals surface area contributed by atoms with Crippen LogP contribution in [0.3, 0.4) is 0 Å². The maximum Gasteiger partial charge on any atom is 0.378 e. The summed E-state index contributed by atoms with van der Waals surface area (Å²) in [4.78, 5) is 15.8. The first-order valence-electron chi connectivity index (χ1n) is 6.44. The number of carbonyl (C=O) groups excluding carboxylic acids is 1. The Labute approximate surface area is 111 Å². The number of H-pyrrole nitrogens is 1. The van der Waals surface area contributed by atoms with E-state index >= 15 is 0 Å². The second-order valence-electron chi connectivity index (χ2n) is 4.64. The van der Waals surface area contributed by atoms with E-state index in [-0.39, 0.29) is 11.7 Å². The van der Waals surface area contributed by atoms with Gasteiger partial charge < -0.3 is 4.74 Å². The van der Waals surface area contributed by atoms with Gasteiger partial charge >= 0.3 is 5.97 Å². The van der Waals surface area contributed by atoms with E-state index < -0.39 is 5.97 Å². The molecule has 0 spiro atoms. The van der Waals surface area contributed by atoms with E-state index in [0.29, 0.717) is 6.61 Å². The number of fused-ring (bicyclic) bond motifs is 1. The summed E-state index contributed by atoms with van der Waals surface area (Å²) in [6.45, 7) is 2.09. The van der Waals surface area contributed by atoms with Crippen molar-refractivity contribution in [2.24, 2.45) is 0 Å². The lowest BCUT2D eigenvalue weighted by molar-refractivity contribution is 0.0512. The molecule has 5 heteroatoms. The van der Waals surface area contributed by atoms with Crippen molar-refractivity contribution in [3.05, 3.63) is 47.0 Å². The van der Waals surface area contributed by atoms with Crippen LogP contribution in [0.15, 0.2) is 24.3 Å². The summed E-state index contributed by atoms with van der Waals surface area (Å²) in [5.41, 5.74) is 2.70. The van der Waals surface area contributed by atoms with Crippen molar-refractivity contribution < 1.29 is 9.53 Å². The number of esters is 1. The minimum absolute atomic E-state index is 0.118. The highest BCUT2D eigenvalue weighted by Crippen LogP contribution is 2.31.